The smallest absolute Gasteiger partial charge is 0.182 e. The van der Waals surface area contributed by atoms with E-state index < -0.39 is 0 Å². The molecule has 2 aromatic rings. The molecule has 0 atom stereocenters. The number of methoxy groups -OCH3 is 1. The fourth-order valence-corrected chi connectivity index (χ4v) is 2.82. The van der Waals surface area contributed by atoms with Gasteiger partial charge >= 0.3 is 0 Å². The van der Waals surface area contributed by atoms with Crippen molar-refractivity contribution in [3.63, 3.8) is 0 Å². The number of ether oxygens (including phenoxy) is 2. The van der Waals surface area contributed by atoms with E-state index in [4.69, 9.17) is 9.47 Å². The summed E-state index contributed by atoms with van der Waals surface area (Å²) in [5.41, 5.74) is 2.89. The summed E-state index contributed by atoms with van der Waals surface area (Å²) in [5, 5.41) is 0. The van der Waals surface area contributed by atoms with Crippen molar-refractivity contribution in [2.24, 2.45) is 0 Å². The van der Waals surface area contributed by atoms with Gasteiger partial charge in [0.1, 0.15) is 0 Å². The van der Waals surface area contributed by atoms with E-state index in [1.54, 1.807) is 19.2 Å². The summed E-state index contributed by atoms with van der Waals surface area (Å²) < 4.78 is 13.4. The van der Waals surface area contributed by atoms with Gasteiger partial charge in [0.15, 0.2) is 16.9 Å². The second-order valence-electron chi connectivity index (χ2n) is 6.24. The number of aryl methyl sites for hydroxylation is 2. The Labute approximate surface area is 142 Å². The van der Waals surface area contributed by atoms with Gasteiger partial charge in [-0.1, -0.05) is 6.07 Å². The molecule has 1 aliphatic rings. The highest BCUT2D eigenvalue weighted by molar-refractivity contribution is 5.64. The molecule has 0 unspecified atom stereocenters. The molecule has 1 aliphatic carbocycles. The van der Waals surface area contributed by atoms with Gasteiger partial charge in [-0.3, -0.25) is 4.79 Å². The van der Waals surface area contributed by atoms with Crippen LogP contribution in [0.25, 0.3) is 12.3 Å². The molecule has 4 nitrogen and oxygen atoms in total. The topological polar surface area (TPSA) is 40.5 Å². The Hall–Kier alpha value is -2.49. The normalized spacial score (nSPS) is 14.6. The SMILES string of the molecule is COc1ccc(C=Cn2c(C)cc(=O)cc2C)cc1OC1CCC1. The average Bonchev–Trinajstić information content (AvgIpc) is 2.50. The van der Waals surface area contributed by atoms with Crippen LogP contribution >= 0.6 is 0 Å². The molecule has 4 heteroatoms. The van der Waals surface area contributed by atoms with E-state index in [0.717, 1.165) is 41.3 Å². The Morgan fingerprint density at radius 3 is 2.38 bits per heavy atom. The molecule has 24 heavy (non-hydrogen) atoms. The zero-order chi connectivity index (χ0) is 17.1. The van der Waals surface area contributed by atoms with E-state index in [2.05, 4.69) is 0 Å². The van der Waals surface area contributed by atoms with Crippen molar-refractivity contribution in [2.45, 2.75) is 39.2 Å². The average molecular weight is 325 g/mol. The fraction of sp³-hybridized carbons (Fsp3) is 0.350. The Bertz CT molecular complexity index is 790. The Morgan fingerprint density at radius 2 is 1.79 bits per heavy atom. The van der Waals surface area contributed by atoms with Crippen LogP contribution in [0.1, 0.15) is 36.2 Å². The minimum absolute atomic E-state index is 0.0373. The molecule has 0 bridgehead atoms. The van der Waals surface area contributed by atoms with E-state index in [9.17, 15) is 4.79 Å². The molecule has 0 N–H and O–H groups in total. The minimum atomic E-state index is 0.0373. The standard InChI is InChI=1S/C20H23NO3/c1-14-11-17(22)12-15(2)21(14)10-9-16-7-8-19(23-3)20(13-16)24-18-5-4-6-18/h7-13,18H,4-6H2,1-3H3. The van der Waals surface area contributed by atoms with Crippen LogP contribution in [0.2, 0.25) is 0 Å². The van der Waals surface area contributed by atoms with Crippen molar-refractivity contribution in [3.8, 4) is 11.5 Å². The van der Waals surface area contributed by atoms with Gasteiger partial charge in [-0.05, 0) is 56.9 Å². The van der Waals surface area contributed by atoms with Gasteiger partial charge in [-0.25, -0.2) is 0 Å². The van der Waals surface area contributed by atoms with Gasteiger partial charge < -0.3 is 14.0 Å². The third-order valence-electron chi connectivity index (χ3n) is 4.41. The molecule has 126 valence electrons. The van der Waals surface area contributed by atoms with Gasteiger partial charge in [-0.2, -0.15) is 0 Å². The summed E-state index contributed by atoms with van der Waals surface area (Å²) in [5.74, 6) is 1.55. The zero-order valence-electron chi connectivity index (χ0n) is 14.4. The summed E-state index contributed by atoms with van der Waals surface area (Å²) in [6.45, 7) is 3.86. The number of pyridine rings is 1. The predicted molar refractivity (Wildman–Crippen MR) is 96.7 cm³/mol. The largest absolute Gasteiger partial charge is 0.493 e. The number of aromatic nitrogens is 1. The van der Waals surface area contributed by atoms with E-state index in [1.807, 2.05) is 48.9 Å². The van der Waals surface area contributed by atoms with Crippen LogP contribution in [0.15, 0.2) is 35.1 Å². The van der Waals surface area contributed by atoms with Crippen LogP contribution < -0.4 is 14.9 Å². The third-order valence-corrected chi connectivity index (χ3v) is 4.41. The van der Waals surface area contributed by atoms with Gasteiger partial charge in [0.05, 0.1) is 13.2 Å². The molecule has 1 aromatic heterocycles. The van der Waals surface area contributed by atoms with Crippen molar-refractivity contribution in [1.82, 2.24) is 4.57 Å². The first kappa shape index (κ1) is 16.4. The molecule has 0 radical (unpaired) electrons. The maximum absolute atomic E-state index is 11.5. The van der Waals surface area contributed by atoms with Gasteiger partial charge in [0, 0.05) is 29.7 Å². The van der Waals surface area contributed by atoms with E-state index >= 15 is 0 Å². The van der Waals surface area contributed by atoms with Crippen LogP contribution in [0.3, 0.4) is 0 Å². The molecule has 0 amide bonds. The van der Waals surface area contributed by atoms with E-state index in [1.165, 1.54) is 6.42 Å². The molecule has 1 saturated carbocycles. The summed E-state index contributed by atoms with van der Waals surface area (Å²) in [6, 6.07) is 9.20. The first-order chi connectivity index (χ1) is 11.6. The summed E-state index contributed by atoms with van der Waals surface area (Å²) in [6.07, 6.45) is 7.74. The zero-order valence-corrected chi connectivity index (χ0v) is 14.4. The molecule has 3 rings (SSSR count). The Morgan fingerprint density at radius 1 is 1.08 bits per heavy atom. The number of rotatable bonds is 5. The number of benzene rings is 1. The van der Waals surface area contributed by atoms with Crippen molar-refractivity contribution in [2.75, 3.05) is 7.11 Å². The quantitative estimate of drug-likeness (QED) is 0.833. The molecule has 0 saturated heterocycles. The van der Waals surface area contributed by atoms with Gasteiger partial charge in [0.25, 0.3) is 0 Å². The second kappa shape index (κ2) is 6.95. The molecule has 0 spiro atoms. The monoisotopic (exact) mass is 325 g/mol. The molecule has 1 fully saturated rings. The van der Waals surface area contributed by atoms with Crippen molar-refractivity contribution in [1.29, 1.82) is 0 Å². The predicted octanol–water partition coefficient (Wildman–Crippen LogP) is 4.03. The van der Waals surface area contributed by atoms with Crippen LogP contribution in [0, 0.1) is 13.8 Å². The van der Waals surface area contributed by atoms with E-state index in [0.29, 0.717) is 6.10 Å². The van der Waals surface area contributed by atoms with Gasteiger partial charge in [-0.15, -0.1) is 0 Å². The lowest BCUT2D eigenvalue weighted by Crippen LogP contribution is -2.24. The highest BCUT2D eigenvalue weighted by atomic mass is 16.5. The third kappa shape index (κ3) is 3.53. The lowest BCUT2D eigenvalue weighted by atomic mass is 9.96. The molecular weight excluding hydrogens is 302 g/mol. The lowest BCUT2D eigenvalue weighted by Gasteiger charge is -2.27. The van der Waals surface area contributed by atoms with Crippen molar-refractivity contribution in [3.05, 3.63) is 57.5 Å². The first-order valence-corrected chi connectivity index (χ1v) is 8.29. The fourth-order valence-electron chi connectivity index (χ4n) is 2.82. The Kier molecular flexibility index (Phi) is 4.74. The molecule has 0 aliphatic heterocycles. The molecule has 1 aromatic carbocycles. The van der Waals surface area contributed by atoms with Crippen LogP contribution in [0.5, 0.6) is 11.5 Å². The molecule has 1 heterocycles. The van der Waals surface area contributed by atoms with E-state index in [-0.39, 0.29) is 5.43 Å². The molecular formula is C20H23NO3. The first-order valence-electron chi connectivity index (χ1n) is 8.29. The van der Waals surface area contributed by atoms with Crippen LogP contribution in [0.4, 0.5) is 0 Å². The van der Waals surface area contributed by atoms with Crippen LogP contribution in [-0.2, 0) is 0 Å². The number of hydrogen-bond donors (Lipinski definition) is 0. The number of hydrogen-bond acceptors (Lipinski definition) is 3. The maximum Gasteiger partial charge on any atom is 0.182 e. The highest BCUT2D eigenvalue weighted by Crippen LogP contribution is 2.33. The maximum atomic E-state index is 11.5. The van der Waals surface area contributed by atoms with Gasteiger partial charge in [0.2, 0.25) is 0 Å². The summed E-state index contributed by atoms with van der Waals surface area (Å²) in [4.78, 5) is 11.5. The lowest BCUT2D eigenvalue weighted by molar-refractivity contribution is 0.116. The van der Waals surface area contributed by atoms with Crippen molar-refractivity contribution >= 4 is 12.3 Å². The minimum Gasteiger partial charge on any atom is -0.493 e. The number of nitrogens with zero attached hydrogens (tertiary/aromatic N) is 1. The highest BCUT2D eigenvalue weighted by Gasteiger charge is 2.20. The summed E-state index contributed by atoms with van der Waals surface area (Å²) >= 11 is 0. The second-order valence-corrected chi connectivity index (χ2v) is 6.24. The van der Waals surface area contributed by atoms with Crippen LogP contribution in [-0.4, -0.2) is 17.8 Å². The Balaban J connectivity index is 1.87. The van der Waals surface area contributed by atoms with Crippen molar-refractivity contribution < 1.29 is 9.47 Å². The summed E-state index contributed by atoms with van der Waals surface area (Å²) in [7, 11) is 1.66.